The summed E-state index contributed by atoms with van der Waals surface area (Å²) < 4.78 is 10.2. The van der Waals surface area contributed by atoms with Gasteiger partial charge >= 0.3 is 5.97 Å². The lowest BCUT2D eigenvalue weighted by Gasteiger charge is -2.19. The summed E-state index contributed by atoms with van der Waals surface area (Å²) in [6, 6.07) is 6.85. The van der Waals surface area contributed by atoms with Crippen molar-refractivity contribution in [3.8, 4) is 5.75 Å². The fourth-order valence-corrected chi connectivity index (χ4v) is 2.20. The number of methoxy groups -OCH3 is 1. The molecular formula is C13H19NO4Si. The van der Waals surface area contributed by atoms with Gasteiger partial charge in [0.2, 0.25) is 8.32 Å². The van der Waals surface area contributed by atoms with Crippen LogP contribution in [0.15, 0.2) is 24.3 Å². The van der Waals surface area contributed by atoms with Crippen LogP contribution in [0.2, 0.25) is 19.6 Å². The van der Waals surface area contributed by atoms with Crippen LogP contribution in [-0.2, 0) is 9.53 Å². The van der Waals surface area contributed by atoms with Crippen molar-refractivity contribution in [2.45, 2.75) is 19.6 Å². The predicted molar refractivity (Wildman–Crippen MR) is 74.8 cm³/mol. The number of amides is 1. The molecule has 5 nitrogen and oxygen atoms in total. The number of nitrogens with one attached hydrogen (secondary N) is 1. The van der Waals surface area contributed by atoms with Crippen LogP contribution in [0.25, 0.3) is 0 Å². The Balaban J connectivity index is 2.61. The first-order chi connectivity index (χ1) is 8.81. The Kier molecular flexibility index (Phi) is 5.11. The van der Waals surface area contributed by atoms with Crippen molar-refractivity contribution in [2.75, 3.05) is 13.7 Å². The standard InChI is InChI=1S/C13H19NO4Si/c1-17-12(15)9-14-13(16)10-5-7-11(8-6-10)18-19(2,3)4/h5-8H,9H2,1-4H3,(H,14,16). The maximum Gasteiger partial charge on any atom is 0.325 e. The van der Waals surface area contributed by atoms with E-state index in [1.807, 2.05) is 0 Å². The van der Waals surface area contributed by atoms with Gasteiger partial charge in [-0.1, -0.05) is 0 Å². The second-order valence-electron chi connectivity index (χ2n) is 5.00. The molecule has 1 rings (SSSR count). The fraction of sp³-hybridized carbons (Fsp3) is 0.385. The molecule has 0 atom stereocenters. The van der Waals surface area contributed by atoms with Crippen molar-refractivity contribution in [3.05, 3.63) is 29.8 Å². The number of hydrogen-bond acceptors (Lipinski definition) is 4. The molecule has 1 aromatic rings. The van der Waals surface area contributed by atoms with E-state index in [0.29, 0.717) is 5.56 Å². The maximum absolute atomic E-state index is 11.7. The van der Waals surface area contributed by atoms with Crippen LogP contribution in [0, 0.1) is 0 Å². The van der Waals surface area contributed by atoms with Crippen molar-refractivity contribution in [1.82, 2.24) is 5.32 Å². The maximum atomic E-state index is 11.7. The predicted octanol–water partition coefficient (Wildman–Crippen LogP) is 1.80. The average Bonchev–Trinajstić information content (AvgIpc) is 2.34. The van der Waals surface area contributed by atoms with Gasteiger partial charge in [-0.05, 0) is 43.9 Å². The first-order valence-electron chi connectivity index (χ1n) is 5.96. The summed E-state index contributed by atoms with van der Waals surface area (Å²) >= 11 is 0. The Morgan fingerprint density at radius 2 is 1.74 bits per heavy atom. The van der Waals surface area contributed by atoms with Crippen molar-refractivity contribution in [2.24, 2.45) is 0 Å². The van der Waals surface area contributed by atoms with Gasteiger partial charge in [0, 0.05) is 5.56 Å². The number of benzene rings is 1. The highest BCUT2D eigenvalue weighted by molar-refractivity contribution is 6.70. The van der Waals surface area contributed by atoms with E-state index < -0.39 is 14.3 Å². The Bertz CT molecular complexity index is 451. The molecule has 0 saturated carbocycles. The summed E-state index contributed by atoms with van der Waals surface area (Å²) in [6.07, 6.45) is 0. The number of carbonyl (C=O) groups is 2. The van der Waals surface area contributed by atoms with E-state index >= 15 is 0 Å². The zero-order valence-electron chi connectivity index (χ0n) is 11.6. The lowest BCUT2D eigenvalue weighted by atomic mass is 10.2. The van der Waals surface area contributed by atoms with E-state index in [0.717, 1.165) is 5.75 Å². The highest BCUT2D eigenvalue weighted by Crippen LogP contribution is 2.16. The van der Waals surface area contributed by atoms with E-state index in [4.69, 9.17) is 4.43 Å². The zero-order chi connectivity index (χ0) is 14.5. The van der Waals surface area contributed by atoms with E-state index in [1.165, 1.54) is 7.11 Å². The molecule has 1 N–H and O–H groups in total. The molecule has 0 saturated heterocycles. The van der Waals surface area contributed by atoms with Crippen LogP contribution < -0.4 is 9.74 Å². The topological polar surface area (TPSA) is 64.6 Å². The van der Waals surface area contributed by atoms with Gasteiger partial charge in [-0.2, -0.15) is 0 Å². The molecule has 0 aliphatic rings. The molecule has 104 valence electrons. The highest BCUT2D eigenvalue weighted by Gasteiger charge is 2.16. The van der Waals surface area contributed by atoms with E-state index in [1.54, 1.807) is 24.3 Å². The van der Waals surface area contributed by atoms with Crippen LogP contribution in [0.4, 0.5) is 0 Å². The van der Waals surface area contributed by atoms with Gasteiger partial charge in [0.25, 0.3) is 5.91 Å². The number of hydrogen-bond donors (Lipinski definition) is 1. The minimum Gasteiger partial charge on any atom is -0.544 e. The zero-order valence-corrected chi connectivity index (χ0v) is 12.6. The molecule has 0 unspecified atom stereocenters. The fourth-order valence-electron chi connectivity index (χ4n) is 1.35. The van der Waals surface area contributed by atoms with Gasteiger partial charge in [-0.25, -0.2) is 0 Å². The van der Waals surface area contributed by atoms with Crippen LogP contribution in [0.1, 0.15) is 10.4 Å². The monoisotopic (exact) mass is 281 g/mol. The highest BCUT2D eigenvalue weighted by atomic mass is 28.4. The van der Waals surface area contributed by atoms with Crippen molar-refractivity contribution >= 4 is 20.2 Å². The third-order valence-corrected chi connectivity index (χ3v) is 3.01. The molecule has 19 heavy (non-hydrogen) atoms. The van der Waals surface area contributed by atoms with Crippen molar-refractivity contribution in [1.29, 1.82) is 0 Å². The van der Waals surface area contributed by atoms with Gasteiger partial charge in [0.1, 0.15) is 12.3 Å². The summed E-state index contributed by atoms with van der Waals surface area (Å²) in [6.45, 7) is 6.13. The molecule has 0 heterocycles. The number of esters is 1. The average molecular weight is 281 g/mol. The lowest BCUT2D eigenvalue weighted by molar-refractivity contribution is -0.139. The normalized spacial score (nSPS) is 10.7. The molecular weight excluding hydrogens is 262 g/mol. The Hall–Kier alpha value is -1.82. The summed E-state index contributed by atoms with van der Waals surface area (Å²) in [5.74, 6) is -0.0410. The lowest BCUT2D eigenvalue weighted by Crippen LogP contribution is -2.30. The van der Waals surface area contributed by atoms with Crippen LogP contribution in [-0.4, -0.2) is 33.8 Å². The molecule has 0 radical (unpaired) electrons. The number of carbonyl (C=O) groups excluding carboxylic acids is 2. The second kappa shape index (κ2) is 6.37. The molecule has 0 bridgehead atoms. The smallest absolute Gasteiger partial charge is 0.325 e. The summed E-state index contributed by atoms with van der Waals surface area (Å²) in [5.41, 5.74) is 0.479. The van der Waals surface area contributed by atoms with Gasteiger partial charge in [-0.15, -0.1) is 0 Å². The molecule has 0 fully saturated rings. The van der Waals surface area contributed by atoms with Crippen LogP contribution in [0.3, 0.4) is 0 Å². The first-order valence-corrected chi connectivity index (χ1v) is 9.37. The van der Waals surface area contributed by atoms with E-state index in [2.05, 4.69) is 29.7 Å². The largest absolute Gasteiger partial charge is 0.544 e. The summed E-state index contributed by atoms with van der Waals surface area (Å²) in [4.78, 5) is 22.6. The molecule has 1 aromatic carbocycles. The SMILES string of the molecule is COC(=O)CNC(=O)c1ccc(O[Si](C)(C)C)cc1. The Morgan fingerprint density at radius 3 is 2.21 bits per heavy atom. The second-order valence-corrected chi connectivity index (χ2v) is 9.43. The van der Waals surface area contributed by atoms with Gasteiger partial charge in [0.15, 0.2) is 0 Å². The van der Waals surface area contributed by atoms with E-state index in [-0.39, 0.29) is 12.5 Å². The molecule has 0 aromatic heterocycles. The quantitative estimate of drug-likeness (QED) is 0.660. The van der Waals surface area contributed by atoms with Crippen molar-refractivity contribution < 1.29 is 18.8 Å². The third kappa shape index (κ3) is 5.56. The van der Waals surface area contributed by atoms with Crippen LogP contribution in [0.5, 0.6) is 5.75 Å². The summed E-state index contributed by atoms with van der Waals surface area (Å²) in [7, 11) is -0.365. The molecule has 0 aliphatic heterocycles. The minimum atomic E-state index is -1.64. The van der Waals surface area contributed by atoms with Gasteiger partial charge < -0.3 is 14.5 Å². The third-order valence-electron chi connectivity index (χ3n) is 2.16. The summed E-state index contributed by atoms with van der Waals surface area (Å²) in [5, 5.41) is 2.47. The van der Waals surface area contributed by atoms with E-state index in [9.17, 15) is 9.59 Å². The Labute approximate surface area is 114 Å². The Morgan fingerprint density at radius 1 is 1.16 bits per heavy atom. The number of ether oxygens (including phenoxy) is 1. The van der Waals surface area contributed by atoms with Crippen LogP contribution >= 0.6 is 0 Å². The number of rotatable bonds is 5. The molecule has 0 aliphatic carbocycles. The molecule has 0 spiro atoms. The van der Waals surface area contributed by atoms with Crippen molar-refractivity contribution in [3.63, 3.8) is 0 Å². The van der Waals surface area contributed by atoms with Gasteiger partial charge in [-0.3, -0.25) is 9.59 Å². The molecule has 6 heteroatoms. The first kappa shape index (κ1) is 15.2. The molecule has 1 amide bonds. The van der Waals surface area contributed by atoms with Gasteiger partial charge in [0.05, 0.1) is 7.11 Å². The minimum absolute atomic E-state index is 0.136.